The maximum atomic E-state index is 2.41. The molecule has 2 unspecified atom stereocenters. The molecule has 0 aromatic carbocycles. The van der Waals surface area contributed by atoms with E-state index in [4.69, 9.17) is 0 Å². The lowest BCUT2D eigenvalue weighted by Gasteiger charge is -2.20. The fourth-order valence-electron chi connectivity index (χ4n) is 2.03. The summed E-state index contributed by atoms with van der Waals surface area (Å²) in [7, 11) is 0. The Bertz CT molecular complexity index is 92.2. The van der Waals surface area contributed by atoms with Crippen LogP contribution < -0.4 is 0 Å². The monoisotopic (exact) mass is 140 g/mol. The molecule has 1 aliphatic carbocycles. The lowest BCUT2D eigenvalue weighted by molar-refractivity contribution is 0.300. The summed E-state index contributed by atoms with van der Waals surface area (Å²) in [6.45, 7) is 7.07. The molecule has 0 nitrogen and oxygen atoms in total. The Morgan fingerprint density at radius 2 is 1.80 bits per heavy atom. The van der Waals surface area contributed by atoms with E-state index in [-0.39, 0.29) is 0 Å². The van der Waals surface area contributed by atoms with Crippen LogP contribution in [0.1, 0.15) is 46.5 Å². The van der Waals surface area contributed by atoms with Crippen LogP contribution >= 0.6 is 0 Å². The Hall–Kier alpha value is 0. The number of hydrogen-bond donors (Lipinski definition) is 0. The van der Waals surface area contributed by atoms with Crippen LogP contribution in [-0.2, 0) is 0 Å². The smallest absolute Gasteiger partial charge is 0.0363 e. The van der Waals surface area contributed by atoms with Crippen molar-refractivity contribution in [2.45, 2.75) is 46.5 Å². The van der Waals surface area contributed by atoms with Gasteiger partial charge in [0.25, 0.3) is 0 Å². The fraction of sp³-hybridized carbons (Fsp3) is 1.00. The van der Waals surface area contributed by atoms with Crippen molar-refractivity contribution in [1.29, 1.82) is 0 Å². The van der Waals surface area contributed by atoms with Crippen molar-refractivity contribution in [3.8, 4) is 0 Å². The van der Waals surface area contributed by atoms with Gasteiger partial charge in [0.05, 0.1) is 0 Å². The molecule has 0 aromatic rings. The Morgan fingerprint density at radius 1 is 1.20 bits per heavy atom. The van der Waals surface area contributed by atoms with E-state index in [9.17, 15) is 0 Å². The summed E-state index contributed by atoms with van der Waals surface area (Å²) in [6.07, 6.45) is 5.81. The topological polar surface area (TPSA) is 0 Å². The maximum absolute atomic E-state index is 2.41. The second-order valence-corrected chi connectivity index (χ2v) is 3.80. The molecule has 0 saturated heterocycles. The van der Waals surface area contributed by atoms with Crippen molar-refractivity contribution in [2.24, 2.45) is 17.8 Å². The molecular weight excluding hydrogens is 120 g/mol. The first-order valence-electron chi connectivity index (χ1n) is 4.79. The van der Waals surface area contributed by atoms with E-state index in [0.717, 1.165) is 17.8 Å². The summed E-state index contributed by atoms with van der Waals surface area (Å²) in [5.41, 5.74) is 0. The molecule has 1 aliphatic rings. The Balaban J connectivity index is 2.30. The van der Waals surface area contributed by atoms with Crippen LogP contribution in [0, 0.1) is 17.8 Å². The molecule has 0 heterocycles. The van der Waals surface area contributed by atoms with Gasteiger partial charge >= 0.3 is 0 Å². The van der Waals surface area contributed by atoms with Crippen LogP contribution in [0.25, 0.3) is 0 Å². The molecule has 10 heavy (non-hydrogen) atoms. The van der Waals surface area contributed by atoms with Gasteiger partial charge < -0.3 is 0 Å². The van der Waals surface area contributed by atoms with Crippen molar-refractivity contribution in [1.82, 2.24) is 0 Å². The summed E-state index contributed by atoms with van der Waals surface area (Å²) >= 11 is 0. The minimum absolute atomic E-state index is 0.970. The molecule has 0 spiro atoms. The van der Waals surface area contributed by atoms with Crippen LogP contribution in [0.3, 0.4) is 0 Å². The van der Waals surface area contributed by atoms with E-state index in [0.29, 0.717) is 0 Å². The molecule has 0 bridgehead atoms. The summed E-state index contributed by atoms with van der Waals surface area (Å²) in [5, 5.41) is 0. The molecule has 60 valence electrons. The van der Waals surface area contributed by atoms with Crippen LogP contribution in [0.5, 0.6) is 0 Å². The highest BCUT2D eigenvalue weighted by Crippen LogP contribution is 2.42. The van der Waals surface area contributed by atoms with Crippen LogP contribution in [0.4, 0.5) is 0 Å². The summed E-state index contributed by atoms with van der Waals surface area (Å²) in [5.74, 6) is 3.13. The van der Waals surface area contributed by atoms with Gasteiger partial charge in [0, 0.05) is 0 Å². The van der Waals surface area contributed by atoms with Crippen molar-refractivity contribution in [3.63, 3.8) is 0 Å². The first kappa shape index (κ1) is 8.10. The molecule has 2 atom stereocenters. The number of rotatable bonds is 4. The summed E-state index contributed by atoms with van der Waals surface area (Å²) < 4.78 is 0. The van der Waals surface area contributed by atoms with E-state index >= 15 is 0 Å². The molecule has 0 N–H and O–H groups in total. The Labute approximate surface area is 65.0 Å². The molecule has 0 heteroatoms. The quantitative estimate of drug-likeness (QED) is 0.561. The van der Waals surface area contributed by atoms with E-state index in [1.807, 2.05) is 0 Å². The average molecular weight is 140 g/mol. The fourth-order valence-corrected chi connectivity index (χ4v) is 2.03. The molecule has 0 amide bonds. The van der Waals surface area contributed by atoms with Gasteiger partial charge in [-0.2, -0.15) is 0 Å². The zero-order valence-corrected chi connectivity index (χ0v) is 7.56. The van der Waals surface area contributed by atoms with Gasteiger partial charge in [-0.15, -0.1) is 0 Å². The largest absolute Gasteiger partial charge is 0.0651 e. The second-order valence-electron chi connectivity index (χ2n) is 3.80. The average Bonchev–Trinajstić information content (AvgIpc) is 2.73. The lowest BCUT2D eigenvalue weighted by atomic mass is 9.86. The zero-order chi connectivity index (χ0) is 7.56. The molecular formula is C10H20. The summed E-state index contributed by atoms with van der Waals surface area (Å²) in [4.78, 5) is 0. The van der Waals surface area contributed by atoms with E-state index < -0.39 is 0 Å². The van der Waals surface area contributed by atoms with Gasteiger partial charge in [-0.1, -0.05) is 33.6 Å². The van der Waals surface area contributed by atoms with Gasteiger partial charge in [-0.3, -0.25) is 0 Å². The summed E-state index contributed by atoms with van der Waals surface area (Å²) in [6, 6.07) is 0. The minimum atomic E-state index is 0.970. The van der Waals surface area contributed by atoms with Gasteiger partial charge in [-0.05, 0) is 30.6 Å². The van der Waals surface area contributed by atoms with Crippen LogP contribution in [0.15, 0.2) is 0 Å². The van der Waals surface area contributed by atoms with Crippen LogP contribution in [-0.4, -0.2) is 0 Å². The second kappa shape index (κ2) is 3.41. The third kappa shape index (κ3) is 1.74. The van der Waals surface area contributed by atoms with E-state index in [2.05, 4.69) is 20.8 Å². The van der Waals surface area contributed by atoms with Gasteiger partial charge in [-0.25, -0.2) is 0 Å². The lowest BCUT2D eigenvalue weighted by Crippen LogP contribution is -2.11. The van der Waals surface area contributed by atoms with Gasteiger partial charge in [0.2, 0.25) is 0 Å². The first-order chi connectivity index (χ1) is 4.79. The molecule has 0 aliphatic heterocycles. The Kier molecular flexibility index (Phi) is 2.76. The van der Waals surface area contributed by atoms with Gasteiger partial charge in [0.15, 0.2) is 0 Å². The standard InChI is InChI=1S/C10H20/c1-4-8(3)10(5-2)9-6-7-9/h8-10H,4-7H2,1-3H3. The highest BCUT2D eigenvalue weighted by Gasteiger charge is 2.32. The molecule has 1 saturated carbocycles. The van der Waals surface area contributed by atoms with Crippen molar-refractivity contribution >= 4 is 0 Å². The highest BCUT2D eigenvalue weighted by atomic mass is 14.4. The molecule has 1 fully saturated rings. The molecule has 0 aromatic heterocycles. The van der Waals surface area contributed by atoms with E-state index in [1.165, 1.54) is 25.7 Å². The third-order valence-electron chi connectivity index (χ3n) is 3.07. The normalized spacial score (nSPS) is 24.3. The Morgan fingerprint density at radius 3 is 2.10 bits per heavy atom. The minimum Gasteiger partial charge on any atom is -0.0651 e. The van der Waals surface area contributed by atoms with Crippen molar-refractivity contribution in [3.05, 3.63) is 0 Å². The third-order valence-corrected chi connectivity index (χ3v) is 3.07. The maximum Gasteiger partial charge on any atom is -0.0363 e. The van der Waals surface area contributed by atoms with Gasteiger partial charge in [0.1, 0.15) is 0 Å². The van der Waals surface area contributed by atoms with Crippen LogP contribution in [0.2, 0.25) is 0 Å². The van der Waals surface area contributed by atoms with Crippen molar-refractivity contribution < 1.29 is 0 Å². The van der Waals surface area contributed by atoms with E-state index in [1.54, 1.807) is 0 Å². The predicted octanol–water partition coefficient (Wildman–Crippen LogP) is 3.47. The predicted molar refractivity (Wildman–Crippen MR) is 46.0 cm³/mol. The SMILES string of the molecule is CCC(C)C(CC)C1CC1. The first-order valence-corrected chi connectivity index (χ1v) is 4.79. The number of hydrogen-bond acceptors (Lipinski definition) is 0. The highest BCUT2D eigenvalue weighted by molar-refractivity contribution is 4.82. The molecule has 0 radical (unpaired) electrons. The zero-order valence-electron chi connectivity index (χ0n) is 7.56. The van der Waals surface area contributed by atoms with Crippen molar-refractivity contribution in [2.75, 3.05) is 0 Å². The molecule has 1 rings (SSSR count).